The summed E-state index contributed by atoms with van der Waals surface area (Å²) in [5.74, 6) is -0.437. The molecule has 0 aromatic heterocycles. The van der Waals surface area contributed by atoms with Crippen LogP contribution in [0.15, 0.2) is 12.2 Å². The highest BCUT2D eigenvalue weighted by atomic mass is 16.5. The lowest BCUT2D eigenvalue weighted by atomic mass is 10.0. The molecular formula is C57H109N3O6. The highest BCUT2D eigenvalue weighted by molar-refractivity contribution is 5.88. The molecule has 1 atom stereocenters. The number of hydrogen-bond donors (Lipinski definition) is 1. The molecule has 0 aliphatic rings. The van der Waals surface area contributed by atoms with E-state index in [1.165, 1.54) is 122 Å². The molecule has 9 nitrogen and oxygen atoms in total. The lowest BCUT2D eigenvalue weighted by molar-refractivity contribution is -0.150. The van der Waals surface area contributed by atoms with Crippen molar-refractivity contribution in [2.45, 2.75) is 297 Å². The normalized spacial score (nSPS) is 12.3. The first-order valence-electron chi connectivity index (χ1n) is 28.1. The van der Waals surface area contributed by atoms with Crippen molar-refractivity contribution in [2.24, 2.45) is 0 Å². The summed E-state index contributed by atoms with van der Waals surface area (Å²) in [4.78, 5) is 57.3. The quantitative estimate of drug-likeness (QED) is 0.0368. The summed E-state index contributed by atoms with van der Waals surface area (Å²) < 4.78 is 11.6. The Bertz CT molecular complexity index is 1170. The van der Waals surface area contributed by atoms with Crippen molar-refractivity contribution < 1.29 is 28.7 Å². The molecule has 66 heavy (non-hydrogen) atoms. The number of nitrogens with zero attached hydrogens (tertiary/aromatic N) is 2. The van der Waals surface area contributed by atoms with E-state index in [2.05, 4.69) is 43.1 Å². The summed E-state index contributed by atoms with van der Waals surface area (Å²) in [6.07, 6.45) is 43.1. The van der Waals surface area contributed by atoms with E-state index in [9.17, 15) is 19.2 Å². The number of amides is 2. The molecule has 9 heteroatoms. The third-order valence-electron chi connectivity index (χ3n) is 12.6. The van der Waals surface area contributed by atoms with Gasteiger partial charge >= 0.3 is 11.9 Å². The number of unbranched alkanes of at least 4 members (excludes halogenated alkanes) is 24. The molecule has 0 aromatic carbocycles. The van der Waals surface area contributed by atoms with Gasteiger partial charge < -0.3 is 24.6 Å². The van der Waals surface area contributed by atoms with Crippen molar-refractivity contribution in [3.05, 3.63) is 12.2 Å². The van der Waals surface area contributed by atoms with Gasteiger partial charge in [-0.3, -0.25) is 19.2 Å². The Labute approximate surface area is 408 Å². The molecule has 0 bridgehead atoms. The molecule has 388 valence electrons. The summed E-state index contributed by atoms with van der Waals surface area (Å²) in [6.45, 7) is 14.3. The minimum absolute atomic E-state index is 0.0141. The van der Waals surface area contributed by atoms with Crippen LogP contribution in [0.1, 0.15) is 279 Å². The van der Waals surface area contributed by atoms with Crippen molar-refractivity contribution in [1.29, 1.82) is 0 Å². The number of ether oxygens (including phenoxy) is 2. The Kier molecular flexibility index (Phi) is 43.4. The van der Waals surface area contributed by atoms with E-state index in [4.69, 9.17) is 9.47 Å². The van der Waals surface area contributed by atoms with Crippen molar-refractivity contribution in [2.75, 3.05) is 33.8 Å². The predicted octanol–water partition coefficient (Wildman–Crippen LogP) is 15.2. The molecule has 0 rings (SSSR count). The van der Waals surface area contributed by atoms with Gasteiger partial charge in [0, 0.05) is 31.3 Å². The second-order valence-electron chi connectivity index (χ2n) is 20.8. The van der Waals surface area contributed by atoms with Gasteiger partial charge in [-0.05, 0) is 138 Å². The van der Waals surface area contributed by atoms with Crippen LogP contribution >= 0.6 is 0 Å². The van der Waals surface area contributed by atoms with Crippen LogP contribution in [0, 0.1) is 0 Å². The number of rotatable bonds is 47. The molecule has 1 unspecified atom stereocenters. The van der Waals surface area contributed by atoms with Crippen LogP contribution in [0.5, 0.6) is 0 Å². The van der Waals surface area contributed by atoms with Crippen molar-refractivity contribution in [1.82, 2.24) is 15.1 Å². The summed E-state index contributed by atoms with van der Waals surface area (Å²) in [5.41, 5.74) is -0.436. The highest BCUT2D eigenvalue weighted by Crippen LogP contribution is 2.20. The van der Waals surface area contributed by atoms with Crippen molar-refractivity contribution in [3.63, 3.8) is 0 Å². The third kappa shape index (κ3) is 41.7. The number of carbonyl (C=O) groups excluding carboxylic acids is 4. The molecule has 2 amide bonds. The molecule has 1 N–H and O–H groups in total. The van der Waals surface area contributed by atoms with Crippen LogP contribution in [0.25, 0.3) is 0 Å². The fraction of sp³-hybridized carbons (Fsp3) is 0.895. The van der Waals surface area contributed by atoms with Crippen LogP contribution in [-0.2, 0) is 28.7 Å². The van der Waals surface area contributed by atoms with E-state index in [1.54, 1.807) is 4.90 Å². The Morgan fingerprint density at radius 1 is 0.500 bits per heavy atom. The summed E-state index contributed by atoms with van der Waals surface area (Å²) in [6, 6.07) is -0.586. The third-order valence-corrected chi connectivity index (χ3v) is 12.6. The van der Waals surface area contributed by atoms with Crippen molar-refractivity contribution >= 4 is 23.8 Å². The van der Waals surface area contributed by atoms with Gasteiger partial charge in [0.05, 0.1) is 6.61 Å². The number of nitrogens with one attached hydrogen (secondary N) is 1. The highest BCUT2D eigenvalue weighted by Gasteiger charge is 2.31. The van der Waals surface area contributed by atoms with Gasteiger partial charge in [-0.2, -0.15) is 0 Å². The standard InChI is InChI=1S/C57H109N3O6/c1-9-12-15-18-21-22-23-24-25-26-27-28-29-32-37-46-54(62)65-50-40-33-36-44-52(56(64)58-57(4,5)6)60(49-41-48-59(7)8)53(61)45-38-39-47-55(63)66-51(42-34-30-19-16-13-10-2)43-35-31-20-17-14-11-3/h24-25,51-52H,9-23,26-50H2,1-8H3,(H,58,64)/b25-24-. The van der Waals surface area contributed by atoms with Gasteiger partial charge in [-0.15, -0.1) is 0 Å². The van der Waals surface area contributed by atoms with Gasteiger partial charge in [0.25, 0.3) is 0 Å². The summed E-state index contributed by atoms with van der Waals surface area (Å²) >= 11 is 0. The zero-order valence-corrected chi connectivity index (χ0v) is 44.9. The molecular weight excluding hydrogens is 823 g/mol. The number of carbonyl (C=O) groups is 4. The average molecular weight is 933 g/mol. The molecule has 0 aliphatic carbocycles. The van der Waals surface area contributed by atoms with Crippen LogP contribution in [-0.4, -0.2) is 85.0 Å². The first-order valence-corrected chi connectivity index (χ1v) is 28.1. The monoisotopic (exact) mass is 932 g/mol. The maximum Gasteiger partial charge on any atom is 0.306 e. The molecule has 0 radical (unpaired) electrons. The zero-order chi connectivity index (χ0) is 48.9. The molecule has 0 aromatic rings. The van der Waals surface area contributed by atoms with Crippen LogP contribution in [0.4, 0.5) is 0 Å². The molecule has 0 saturated carbocycles. The molecule has 0 heterocycles. The van der Waals surface area contributed by atoms with E-state index in [0.717, 1.165) is 83.6 Å². The largest absolute Gasteiger partial charge is 0.466 e. The average Bonchev–Trinajstić information content (AvgIpc) is 3.26. The minimum atomic E-state index is -0.586. The topological polar surface area (TPSA) is 105 Å². The van der Waals surface area contributed by atoms with Crippen LogP contribution in [0.3, 0.4) is 0 Å². The smallest absolute Gasteiger partial charge is 0.306 e. The number of esters is 2. The van der Waals surface area contributed by atoms with E-state index in [0.29, 0.717) is 51.7 Å². The Hall–Kier alpha value is -2.42. The molecule has 0 spiro atoms. The second kappa shape index (κ2) is 45.0. The fourth-order valence-corrected chi connectivity index (χ4v) is 8.61. The lowest BCUT2D eigenvalue weighted by Crippen LogP contribution is -2.54. The fourth-order valence-electron chi connectivity index (χ4n) is 8.61. The van der Waals surface area contributed by atoms with Gasteiger partial charge in [-0.1, -0.05) is 155 Å². The summed E-state index contributed by atoms with van der Waals surface area (Å²) in [7, 11) is 4.04. The Balaban J connectivity index is 4.96. The first-order chi connectivity index (χ1) is 31.8. The van der Waals surface area contributed by atoms with Crippen molar-refractivity contribution in [3.8, 4) is 0 Å². The predicted molar refractivity (Wildman–Crippen MR) is 280 cm³/mol. The maximum absolute atomic E-state index is 14.0. The van der Waals surface area contributed by atoms with Crippen LogP contribution < -0.4 is 5.32 Å². The zero-order valence-electron chi connectivity index (χ0n) is 44.9. The Morgan fingerprint density at radius 2 is 0.939 bits per heavy atom. The maximum atomic E-state index is 14.0. The number of allylic oxidation sites excluding steroid dienone is 2. The van der Waals surface area contributed by atoms with Gasteiger partial charge in [0.1, 0.15) is 12.1 Å². The molecule has 0 saturated heterocycles. The SMILES string of the molecule is CCCCCCCC/C=C\CCCCCCCC(=O)OCCCCCC(C(=O)NC(C)(C)C)N(CCCN(C)C)C(=O)CCCCC(=O)OC(CCCCCCCC)CCCCCCCC. The van der Waals surface area contributed by atoms with E-state index >= 15 is 0 Å². The molecule has 0 fully saturated rings. The number of hydrogen-bond acceptors (Lipinski definition) is 7. The molecule has 0 aliphatic heterocycles. The van der Waals surface area contributed by atoms with Gasteiger partial charge in [0.15, 0.2) is 0 Å². The lowest BCUT2D eigenvalue weighted by Gasteiger charge is -2.34. The second-order valence-corrected chi connectivity index (χ2v) is 20.8. The first kappa shape index (κ1) is 63.6. The van der Waals surface area contributed by atoms with Crippen LogP contribution in [0.2, 0.25) is 0 Å². The van der Waals surface area contributed by atoms with Gasteiger partial charge in [-0.25, -0.2) is 0 Å². The summed E-state index contributed by atoms with van der Waals surface area (Å²) in [5, 5.41) is 3.15. The minimum Gasteiger partial charge on any atom is -0.466 e. The van der Waals surface area contributed by atoms with Gasteiger partial charge in [0.2, 0.25) is 11.8 Å². The van der Waals surface area contributed by atoms with E-state index < -0.39 is 11.6 Å². The Morgan fingerprint density at radius 3 is 1.47 bits per heavy atom. The van der Waals surface area contributed by atoms with E-state index in [-0.39, 0.29) is 29.9 Å². The van der Waals surface area contributed by atoms with E-state index in [1.807, 2.05) is 34.9 Å².